The number of ether oxygens (including phenoxy) is 1. The van der Waals surface area contributed by atoms with Gasteiger partial charge in [0.2, 0.25) is 0 Å². The number of rotatable bonds is 3. The highest BCUT2D eigenvalue weighted by molar-refractivity contribution is 5.90. The van der Waals surface area contributed by atoms with Crippen molar-refractivity contribution < 1.29 is 4.74 Å². The molecule has 0 saturated heterocycles. The standard InChI is InChI=1S/C19H14N4O/c1-24-15-7-2-5-13(11-15)17-18-16(8-4-10-21-18)22-19(23-17)14-6-3-9-20-12-14/h2-12H,1H3. The van der Waals surface area contributed by atoms with Gasteiger partial charge in [-0.2, -0.15) is 0 Å². The van der Waals surface area contributed by atoms with E-state index in [9.17, 15) is 0 Å². The summed E-state index contributed by atoms with van der Waals surface area (Å²) >= 11 is 0. The smallest absolute Gasteiger partial charge is 0.162 e. The lowest BCUT2D eigenvalue weighted by Crippen LogP contribution is -1.97. The third-order valence-electron chi connectivity index (χ3n) is 3.72. The summed E-state index contributed by atoms with van der Waals surface area (Å²) in [4.78, 5) is 18.0. The molecule has 4 aromatic rings. The minimum atomic E-state index is 0.626. The molecule has 0 radical (unpaired) electrons. The highest BCUT2D eigenvalue weighted by Crippen LogP contribution is 2.29. The van der Waals surface area contributed by atoms with Crippen molar-refractivity contribution in [1.82, 2.24) is 19.9 Å². The average molecular weight is 314 g/mol. The molecule has 0 aliphatic carbocycles. The number of fused-ring (bicyclic) bond motifs is 1. The molecule has 0 bridgehead atoms. The van der Waals surface area contributed by atoms with E-state index in [4.69, 9.17) is 9.72 Å². The van der Waals surface area contributed by atoms with E-state index in [0.717, 1.165) is 33.6 Å². The molecule has 3 aromatic heterocycles. The normalized spacial score (nSPS) is 10.7. The van der Waals surface area contributed by atoms with Crippen LogP contribution >= 0.6 is 0 Å². The van der Waals surface area contributed by atoms with Gasteiger partial charge in [0.1, 0.15) is 17.0 Å². The maximum Gasteiger partial charge on any atom is 0.162 e. The Balaban J connectivity index is 1.99. The first-order valence-corrected chi connectivity index (χ1v) is 7.53. The van der Waals surface area contributed by atoms with Gasteiger partial charge in [-0.05, 0) is 36.4 Å². The first-order chi connectivity index (χ1) is 11.8. The van der Waals surface area contributed by atoms with Crippen LogP contribution in [-0.2, 0) is 0 Å². The van der Waals surface area contributed by atoms with Crippen LogP contribution in [0.5, 0.6) is 5.75 Å². The minimum absolute atomic E-state index is 0.626. The SMILES string of the molecule is COc1cccc(-c2nc(-c3cccnc3)nc3cccnc23)c1. The molecule has 0 unspecified atom stereocenters. The molecule has 0 N–H and O–H groups in total. The molecule has 0 fully saturated rings. The highest BCUT2D eigenvalue weighted by Gasteiger charge is 2.12. The van der Waals surface area contributed by atoms with Gasteiger partial charge in [0, 0.05) is 29.7 Å². The summed E-state index contributed by atoms with van der Waals surface area (Å²) < 4.78 is 5.33. The summed E-state index contributed by atoms with van der Waals surface area (Å²) in [5.41, 5.74) is 4.14. The van der Waals surface area contributed by atoms with Gasteiger partial charge in [-0.15, -0.1) is 0 Å². The van der Waals surface area contributed by atoms with E-state index in [0.29, 0.717) is 5.82 Å². The fourth-order valence-corrected chi connectivity index (χ4v) is 2.56. The molecule has 0 saturated carbocycles. The van der Waals surface area contributed by atoms with Crippen molar-refractivity contribution in [2.24, 2.45) is 0 Å². The fourth-order valence-electron chi connectivity index (χ4n) is 2.56. The van der Waals surface area contributed by atoms with Crippen molar-refractivity contribution >= 4 is 11.0 Å². The van der Waals surface area contributed by atoms with Gasteiger partial charge in [0.05, 0.1) is 12.6 Å². The number of aromatic nitrogens is 4. The van der Waals surface area contributed by atoms with Crippen LogP contribution in [0.15, 0.2) is 67.1 Å². The molecule has 5 heteroatoms. The topological polar surface area (TPSA) is 60.8 Å². The van der Waals surface area contributed by atoms with Crippen LogP contribution < -0.4 is 4.74 Å². The number of hydrogen-bond acceptors (Lipinski definition) is 5. The number of pyridine rings is 2. The predicted octanol–water partition coefficient (Wildman–Crippen LogP) is 3.76. The highest BCUT2D eigenvalue weighted by atomic mass is 16.5. The third-order valence-corrected chi connectivity index (χ3v) is 3.72. The summed E-state index contributed by atoms with van der Waals surface area (Å²) in [6, 6.07) is 15.4. The van der Waals surface area contributed by atoms with Crippen LogP contribution in [-0.4, -0.2) is 27.0 Å². The number of nitrogens with zero attached hydrogens (tertiary/aromatic N) is 4. The first kappa shape index (κ1) is 14.3. The van der Waals surface area contributed by atoms with Gasteiger partial charge in [-0.25, -0.2) is 9.97 Å². The molecule has 0 spiro atoms. The second kappa shape index (κ2) is 6.04. The van der Waals surface area contributed by atoms with E-state index >= 15 is 0 Å². The monoisotopic (exact) mass is 314 g/mol. The maximum absolute atomic E-state index is 5.33. The quantitative estimate of drug-likeness (QED) is 0.576. The lowest BCUT2D eigenvalue weighted by atomic mass is 10.1. The molecular formula is C19H14N4O. The van der Waals surface area contributed by atoms with E-state index in [1.807, 2.05) is 48.5 Å². The minimum Gasteiger partial charge on any atom is -0.497 e. The molecule has 5 nitrogen and oxygen atoms in total. The predicted molar refractivity (Wildman–Crippen MR) is 92.6 cm³/mol. The Morgan fingerprint density at radius 3 is 2.58 bits per heavy atom. The van der Waals surface area contributed by atoms with Gasteiger partial charge < -0.3 is 4.74 Å². The zero-order valence-electron chi connectivity index (χ0n) is 13.0. The fraction of sp³-hybridized carbons (Fsp3) is 0.0526. The van der Waals surface area contributed by atoms with Crippen LogP contribution in [0.2, 0.25) is 0 Å². The molecular weight excluding hydrogens is 300 g/mol. The summed E-state index contributed by atoms with van der Waals surface area (Å²) in [7, 11) is 1.65. The second-order valence-electron chi connectivity index (χ2n) is 5.24. The second-order valence-corrected chi connectivity index (χ2v) is 5.24. The molecule has 1 aromatic carbocycles. The maximum atomic E-state index is 5.33. The van der Waals surface area contributed by atoms with Gasteiger partial charge in [0.25, 0.3) is 0 Å². The van der Waals surface area contributed by atoms with E-state index < -0.39 is 0 Å². The summed E-state index contributed by atoms with van der Waals surface area (Å²) in [5.74, 6) is 1.40. The van der Waals surface area contributed by atoms with Crippen molar-refractivity contribution in [2.45, 2.75) is 0 Å². The van der Waals surface area contributed by atoms with Crippen LogP contribution in [0, 0.1) is 0 Å². The average Bonchev–Trinajstić information content (AvgIpc) is 2.68. The molecule has 0 aliphatic heterocycles. The van der Waals surface area contributed by atoms with Crippen molar-refractivity contribution in [3.8, 4) is 28.4 Å². The third kappa shape index (κ3) is 2.56. The number of methoxy groups -OCH3 is 1. The Morgan fingerprint density at radius 1 is 0.875 bits per heavy atom. The Labute approximate surface area is 139 Å². The Kier molecular flexibility index (Phi) is 3.59. The van der Waals surface area contributed by atoms with Gasteiger partial charge in [-0.3, -0.25) is 9.97 Å². The largest absolute Gasteiger partial charge is 0.497 e. The zero-order valence-corrected chi connectivity index (χ0v) is 13.0. The van der Waals surface area contributed by atoms with E-state index in [2.05, 4.69) is 15.0 Å². The molecule has 116 valence electrons. The van der Waals surface area contributed by atoms with Crippen molar-refractivity contribution in [3.05, 3.63) is 67.1 Å². The van der Waals surface area contributed by atoms with Gasteiger partial charge >= 0.3 is 0 Å². The Hall–Kier alpha value is -3.34. The van der Waals surface area contributed by atoms with Crippen LogP contribution in [0.25, 0.3) is 33.7 Å². The molecule has 0 aliphatic rings. The van der Waals surface area contributed by atoms with Crippen molar-refractivity contribution in [1.29, 1.82) is 0 Å². The summed E-state index contributed by atoms with van der Waals surface area (Å²) in [6.07, 6.45) is 5.24. The van der Waals surface area contributed by atoms with Crippen molar-refractivity contribution in [3.63, 3.8) is 0 Å². The lowest BCUT2D eigenvalue weighted by Gasteiger charge is -2.09. The first-order valence-electron chi connectivity index (χ1n) is 7.53. The molecule has 0 amide bonds. The Morgan fingerprint density at radius 2 is 1.75 bits per heavy atom. The van der Waals surface area contributed by atoms with Crippen LogP contribution in [0.4, 0.5) is 0 Å². The molecule has 24 heavy (non-hydrogen) atoms. The van der Waals surface area contributed by atoms with Gasteiger partial charge in [0.15, 0.2) is 5.82 Å². The van der Waals surface area contributed by atoms with E-state index in [1.54, 1.807) is 25.7 Å². The molecule has 0 atom stereocenters. The molecule has 3 heterocycles. The van der Waals surface area contributed by atoms with E-state index in [-0.39, 0.29) is 0 Å². The number of benzene rings is 1. The van der Waals surface area contributed by atoms with Crippen LogP contribution in [0.3, 0.4) is 0 Å². The molecule has 4 rings (SSSR count). The summed E-state index contributed by atoms with van der Waals surface area (Å²) in [6.45, 7) is 0. The lowest BCUT2D eigenvalue weighted by molar-refractivity contribution is 0.415. The number of hydrogen-bond donors (Lipinski definition) is 0. The van der Waals surface area contributed by atoms with Crippen LogP contribution in [0.1, 0.15) is 0 Å². The van der Waals surface area contributed by atoms with Gasteiger partial charge in [-0.1, -0.05) is 12.1 Å². The van der Waals surface area contributed by atoms with E-state index in [1.165, 1.54) is 0 Å². The Bertz CT molecular complexity index is 1000. The van der Waals surface area contributed by atoms with Crippen molar-refractivity contribution in [2.75, 3.05) is 7.11 Å². The zero-order chi connectivity index (χ0) is 16.4. The summed E-state index contributed by atoms with van der Waals surface area (Å²) in [5, 5.41) is 0.